The van der Waals surface area contributed by atoms with Crippen LogP contribution < -0.4 is 0 Å². The van der Waals surface area contributed by atoms with E-state index >= 15 is 0 Å². The summed E-state index contributed by atoms with van der Waals surface area (Å²) >= 11 is 0. The third-order valence-electron chi connectivity index (χ3n) is 2.42. The first-order valence-electron chi connectivity index (χ1n) is 5.84. The van der Waals surface area contributed by atoms with Crippen LogP contribution in [0.15, 0.2) is 0 Å². The van der Waals surface area contributed by atoms with Crippen molar-refractivity contribution in [2.75, 3.05) is 6.61 Å². The minimum Gasteiger partial charge on any atom is -0.481 e. The third kappa shape index (κ3) is 7.14. The Bertz CT molecular complexity index is 330. The van der Waals surface area contributed by atoms with Gasteiger partial charge in [0.25, 0.3) is 0 Å². The van der Waals surface area contributed by atoms with Gasteiger partial charge in [0.15, 0.2) is 6.29 Å². The molecule has 0 saturated carbocycles. The van der Waals surface area contributed by atoms with Crippen molar-refractivity contribution >= 4 is 18.2 Å². The first kappa shape index (κ1) is 18.4. The van der Waals surface area contributed by atoms with Gasteiger partial charge < -0.3 is 35.1 Å². The van der Waals surface area contributed by atoms with Crippen molar-refractivity contribution < 1.29 is 44.7 Å². The molecule has 9 nitrogen and oxygen atoms in total. The standard InChI is InChI=1S/C11H18O9/c12-4-6(13)10(18)11(19)7(14)5-20-9(17)3-1-2-8(15)16/h4,6-7,10-11,13-14,18-19H,1-3,5H2,(H,15,16)/t6-,7+,10+,11+/m0/s1. The molecule has 0 aliphatic heterocycles. The molecule has 0 aromatic heterocycles. The fourth-order valence-corrected chi connectivity index (χ4v) is 1.24. The summed E-state index contributed by atoms with van der Waals surface area (Å²) in [5.41, 5.74) is 0. The van der Waals surface area contributed by atoms with E-state index in [1.165, 1.54) is 0 Å². The summed E-state index contributed by atoms with van der Waals surface area (Å²) in [6, 6.07) is 0. The molecular formula is C11H18O9. The smallest absolute Gasteiger partial charge is 0.305 e. The van der Waals surface area contributed by atoms with Crippen molar-refractivity contribution in [1.82, 2.24) is 0 Å². The lowest BCUT2D eigenvalue weighted by molar-refractivity contribution is -0.156. The van der Waals surface area contributed by atoms with Gasteiger partial charge in [-0.05, 0) is 6.42 Å². The summed E-state index contributed by atoms with van der Waals surface area (Å²) in [5.74, 6) is -1.83. The largest absolute Gasteiger partial charge is 0.481 e. The zero-order valence-corrected chi connectivity index (χ0v) is 10.6. The number of aliphatic hydroxyl groups is 4. The maximum Gasteiger partial charge on any atom is 0.305 e. The van der Waals surface area contributed by atoms with Gasteiger partial charge in [0, 0.05) is 12.8 Å². The van der Waals surface area contributed by atoms with Crippen LogP contribution in [0.2, 0.25) is 0 Å². The Kier molecular flexibility index (Phi) is 8.64. The maximum atomic E-state index is 11.1. The van der Waals surface area contributed by atoms with Crippen LogP contribution in [0, 0.1) is 0 Å². The molecule has 0 radical (unpaired) electrons. The summed E-state index contributed by atoms with van der Waals surface area (Å²) in [5, 5.41) is 45.3. The van der Waals surface area contributed by atoms with Crippen LogP contribution in [0.25, 0.3) is 0 Å². The molecule has 5 N–H and O–H groups in total. The number of aldehydes is 1. The Labute approximate surface area is 114 Å². The van der Waals surface area contributed by atoms with Crippen LogP contribution in [0.1, 0.15) is 19.3 Å². The van der Waals surface area contributed by atoms with E-state index in [4.69, 9.17) is 10.2 Å². The third-order valence-corrected chi connectivity index (χ3v) is 2.42. The van der Waals surface area contributed by atoms with Gasteiger partial charge >= 0.3 is 11.9 Å². The summed E-state index contributed by atoms with van der Waals surface area (Å²) < 4.78 is 4.55. The highest BCUT2D eigenvalue weighted by atomic mass is 16.5. The van der Waals surface area contributed by atoms with E-state index in [0.29, 0.717) is 0 Å². The Hall–Kier alpha value is -1.55. The van der Waals surface area contributed by atoms with Crippen LogP contribution in [0.5, 0.6) is 0 Å². The monoisotopic (exact) mass is 294 g/mol. The van der Waals surface area contributed by atoms with Gasteiger partial charge in [0.2, 0.25) is 0 Å². The van der Waals surface area contributed by atoms with Crippen LogP contribution in [-0.4, -0.2) is 74.8 Å². The molecule has 9 heteroatoms. The summed E-state index contributed by atoms with van der Waals surface area (Å²) in [6.45, 7) is -0.657. The van der Waals surface area contributed by atoms with Crippen molar-refractivity contribution in [1.29, 1.82) is 0 Å². The van der Waals surface area contributed by atoms with Gasteiger partial charge in [-0.15, -0.1) is 0 Å². The van der Waals surface area contributed by atoms with Crippen LogP contribution >= 0.6 is 0 Å². The zero-order chi connectivity index (χ0) is 15.7. The lowest BCUT2D eigenvalue weighted by Gasteiger charge is -2.23. The predicted octanol–water partition coefficient (Wildman–Crippen LogP) is -2.57. The number of carbonyl (C=O) groups excluding carboxylic acids is 2. The lowest BCUT2D eigenvalue weighted by Crippen LogP contribution is -2.46. The van der Waals surface area contributed by atoms with E-state index in [1.807, 2.05) is 0 Å². The van der Waals surface area contributed by atoms with Crippen molar-refractivity contribution in [3.05, 3.63) is 0 Å². The van der Waals surface area contributed by atoms with Gasteiger partial charge in [-0.1, -0.05) is 0 Å². The van der Waals surface area contributed by atoms with Crippen LogP contribution in [0.4, 0.5) is 0 Å². The molecule has 0 saturated heterocycles. The molecule has 0 aromatic rings. The number of hydrogen-bond acceptors (Lipinski definition) is 8. The highest BCUT2D eigenvalue weighted by molar-refractivity contribution is 5.71. The Morgan fingerprint density at radius 1 is 1.05 bits per heavy atom. The molecule has 0 aliphatic rings. The van der Waals surface area contributed by atoms with Gasteiger partial charge in [-0.25, -0.2) is 0 Å². The van der Waals surface area contributed by atoms with Crippen molar-refractivity contribution in [3.8, 4) is 0 Å². The maximum absolute atomic E-state index is 11.1. The number of rotatable bonds is 10. The molecule has 0 spiro atoms. The highest BCUT2D eigenvalue weighted by Gasteiger charge is 2.30. The number of aliphatic hydroxyl groups excluding tert-OH is 4. The predicted molar refractivity (Wildman–Crippen MR) is 62.5 cm³/mol. The zero-order valence-electron chi connectivity index (χ0n) is 10.6. The van der Waals surface area contributed by atoms with E-state index in [9.17, 15) is 29.7 Å². The molecule has 4 atom stereocenters. The van der Waals surface area contributed by atoms with E-state index in [2.05, 4.69) is 4.74 Å². The number of carbonyl (C=O) groups is 3. The minimum atomic E-state index is -1.91. The fraction of sp³-hybridized carbons (Fsp3) is 0.727. The van der Waals surface area contributed by atoms with Crippen LogP contribution in [-0.2, 0) is 19.1 Å². The molecule has 0 aliphatic carbocycles. The topological polar surface area (TPSA) is 162 Å². The molecule has 0 fully saturated rings. The lowest BCUT2D eigenvalue weighted by atomic mass is 10.0. The summed E-state index contributed by atoms with van der Waals surface area (Å²) in [4.78, 5) is 31.5. The molecule has 116 valence electrons. The van der Waals surface area contributed by atoms with Gasteiger partial charge in [0.1, 0.15) is 31.0 Å². The van der Waals surface area contributed by atoms with E-state index < -0.39 is 43.0 Å². The summed E-state index contributed by atoms with van der Waals surface area (Å²) in [7, 11) is 0. The number of aliphatic carboxylic acids is 1. The van der Waals surface area contributed by atoms with Crippen molar-refractivity contribution in [2.24, 2.45) is 0 Å². The molecule has 0 amide bonds. The molecule has 0 rings (SSSR count). The first-order chi connectivity index (χ1) is 9.29. The second-order valence-corrected chi connectivity index (χ2v) is 4.11. The highest BCUT2D eigenvalue weighted by Crippen LogP contribution is 2.06. The number of ether oxygens (including phenoxy) is 1. The Morgan fingerprint density at radius 3 is 2.15 bits per heavy atom. The molecule has 20 heavy (non-hydrogen) atoms. The number of esters is 1. The average Bonchev–Trinajstić information content (AvgIpc) is 2.41. The van der Waals surface area contributed by atoms with Crippen molar-refractivity contribution in [2.45, 2.75) is 43.7 Å². The first-order valence-corrected chi connectivity index (χ1v) is 5.84. The fourth-order valence-electron chi connectivity index (χ4n) is 1.24. The molecule has 0 aromatic carbocycles. The van der Waals surface area contributed by atoms with E-state index in [1.54, 1.807) is 0 Å². The summed E-state index contributed by atoms with van der Waals surface area (Å²) in [6.07, 6.45) is -7.67. The average molecular weight is 294 g/mol. The second-order valence-electron chi connectivity index (χ2n) is 4.11. The SMILES string of the molecule is O=C[C@H](O)[C@@H](O)[C@H](O)[C@H](O)COC(=O)CCCC(=O)O. The molecule has 0 unspecified atom stereocenters. The van der Waals surface area contributed by atoms with Gasteiger partial charge in [0.05, 0.1) is 0 Å². The quantitative estimate of drug-likeness (QED) is 0.215. The normalized spacial score (nSPS) is 16.8. The van der Waals surface area contributed by atoms with Crippen LogP contribution in [0.3, 0.4) is 0 Å². The minimum absolute atomic E-state index is 0.0154. The second kappa shape index (κ2) is 9.37. The molecular weight excluding hydrogens is 276 g/mol. The van der Waals surface area contributed by atoms with Gasteiger partial charge in [-0.3, -0.25) is 9.59 Å². The number of carboxylic acids is 1. The molecule has 0 bridgehead atoms. The van der Waals surface area contributed by atoms with E-state index in [0.717, 1.165) is 0 Å². The number of carboxylic acid groups (broad SMARTS) is 1. The Morgan fingerprint density at radius 2 is 1.65 bits per heavy atom. The van der Waals surface area contributed by atoms with Gasteiger partial charge in [-0.2, -0.15) is 0 Å². The van der Waals surface area contributed by atoms with Crippen molar-refractivity contribution in [3.63, 3.8) is 0 Å². The molecule has 0 heterocycles. The Balaban J connectivity index is 4.02. The van der Waals surface area contributed by atoms with E-state index in [-0.39, 0.29) is 25.5 Å². The number of hydrogen-bond donors (Lipinski definition) is 5.